The van der Waals surface area contributed by atoms with Crippen LogP contribution in [0.3, 0.4) is 0 Å². The number of rotatable bonds is 7. The summed E-state index contributed by atoms with van der Waals surface area (Å²) in [5, 5.41) is 3.80. The molecule has 2 aliphatic rings. The SMILES string of the molecule is COc1ccc(COCC(OC(=O)N2CCC3(CC2)CC(n2cc(C(F)(F)F)cn2)CO3)C(F)(F)F)cc1. The molecule has 1 aromatic heterocycles. The molecular weight excluding hydrogens is 524 g/mol. The first-order chi connectivity index (χ1) is 17.9. The van der Waals surface area contributed by atoms with Gasteiger partial charge in [0.05, 0.1) is 50.3 Å². The van der Waals surface area contributed by atoms with Gasteiger partial charge in [0.25, 0.3) is 0 Å². The van der Waals surface area contributed by atoms with E-state index in [1.165, 1.54) is 16.7 Å². The van der Waals surface area contributed by atoms with E-state index in [0.717, 1.165) is 12.4 Å². The lowest BCUT2D eigenvalue weighted by molar-refractivity contribution is -0.220. The zero-order valence-electron chi connectivity index (χ0n) is 20.4. The number of hydrogen-bond acceptors (Lipinski definition) is 6. The molecule has 1 aromatic carbocycles. The third kappa shape index (κ3) is 6.70. The van der Waals surface area contributed by atoms with E-state index in [1.807, 2.05) is 0 Å². The second kappa shape index (κ2) is 11.0. The molecule has 14 heteroatoms. The highest BCUT2D eigenvalue weighted by atomic mass is 19.4. The van der Waals surface area contributed by atoms with Crippen molar-refractivity contribution in [3.8, 4) is 5.75 Å². The lowest BCUT2D eigenvalue weighted by Gasteiger charge is -2.38. The fourth-order valence-electron chi connectivity index (χ4n) is 4.52. The van der Waals surface area contributed by atoms with Gasteiger partial charge in [-0.15, -0.1) is 0 Å². The van der Waals surface area contributed by atoms with E-state index >= 15 is 0 Å². The number of carbonyl (C=O) groups is 1. The molecule has 0 N–H and O–H groups in total. The highest BCUT2D eigenvalue weighted by molar-refractivity contribution is 5.68. The summed E-state index contributed by atoms with van der Waals surface area (Å²) in [7, 11) is 1.49. The van der Waals surface area contributed by atoms with Crippen LogP contribution < -0.4 is 4.74 Å². The number of nitrogens with zero attached hydrogens (tertiary/aromatic N) is 3. The van der Waals surface area contributed by atoms with Crippen molar-refractivity contribution >= 4 is 6.09 Å². The van der Waals surface area contributed by atoms with Crippen LogP contribution in [0.25, 0.3) is 0 Å². The number of alkyl halides is 6. The van der Waals surface area contributed by atoms with Gasteiger partial charge < -0.3 is 23.8 Å². The van der Waals surface area contributed by atoms with Gasteiger partial charge in [-0.05, 0) is 30.5 Å². The maximum absolute atomic E-state index is 13.5. The number of benzene rings is 1. The fourth-order valence-corrected chi connectivity index (χ4v) is 4.52. The standard InChI is InChI=1S/C24H27F6N3O5/c1-35-19-4-2-16(3-5-19)13-36-15-20(24(28,29)30)38-21(34)32-8-6-22(7-9-32)10-18(14-37-22)33-12-17(11-31-33)23(25,26)27/h2-5,11-12,18,20H,6-10,13-15H2,1H3. The Bertz CT molecular complexity index is 1080. The van der Waals surface area contributed by atoms with Gasteiger partial charge in [0, 0.05) is 25.7 Å². The molecule has 2 atom stereocenters. The molecule has 1 spiro atoms. The first-order valence-electron chi connectivity index (χ1n) is 11.9. The Hall–Kier alpha value is -3.00. The van der Waals surface area contributed by atoms with Gasteiger partial charge in [-0.3, -0.25) is 4.68 Å². The predicted molar refractivity (Wildman–Crippen MR) is 119 cm³/mol. The van der Waals surface area contributed by atoms with Gasteiger partial charge in [0.15, 0.2) is 0 Å². The zero-order chi connectivity index (χ0) is 27.6. The van der Waals surface area contributed by atoms with Gasteiger partial charge in [0.1, 0.15) is 5.75 Å². The third-order valence-electron chi connectivity index (χ3n) is 6.73. The van der Waals surface area contributed by atoms with Crippen LogP contribution in [0.1, 0.15) is 36.4 Å². The summed E-state index contributed by atoms with van der Waals surface area (Å²) < 4.78 is 101. The van der Waals surface area contributed by atoms with Crippen LogP contribution in [0.2, 0.25) is 0 Å². The summed E-state index contributed by atoms with van der Waals surface area (Å²) in [5.74, 6) is 0.592. The number of halogens is 6. The Morgan fingerprint density at radius 1 is 1.16 bits per heavy atom. The summed E-state index contributed by atoms with van der Waals surface area (Å²) in [6, 6.07) is 6.17. The van der Waals surface area contributed by atoms with Gasteiger partial charge in [-0.25, -0.2) is 4.79 Å². The molecule has 0 aliphatic carbocycles. The van der Waals surface area contributed by atoms with Gasteiger partial charge in [0.2, 0.25) is 6.10 Å². The Morgan fingerprint density at radius 2 is 1.84 bits per heavy atom. The second-order valence-corrected chi connectivity index (χ2v) is 9.32. The molecule has 2 fully saturated rings. The lowest BCUT2D eigenvalue weighted by atomic mass is 9.87. The van der Waals surface area contributed by atoms with Crippen LogP contribution in [0.4, 0.5) is 31.1 Å². The van der Waals surface area contributed by atoms with Crippen LogP contribution in [-0.4, -0.2) is 72.1 Å². The molecule has 2 aliphatic heterocycles. The van der Waals surface area contributed by atoms with Crippen molar-refractivity contribution in [2.75, 3.05) is 33.4 Å². The molecule has 2 unspecified atom stereocenters. The number of amides is 1. The van der Waals surface area contributed by atoms with Crippen LogP contribution in [-0.2, 0) is 27.0 Å². The monoisotopic (exact) mass is 551 g/mol. The predicted octanol–water partition coefficient (Wildman–Crippen LogP) is 4.99. The molecule has 2 aromatic rings. The Balaban J connectivity index is 1.27. The smallest absolute Gasteiger partial charge is 0.427 e. The summed E-state index contributed by atoms with van der Waals surface area (Å²) in [5.41, 5.74) is -0.932. The van der Waals surface area contributed by atoms with E-state index in [9.17, 15) is 31.1 Å². The van der Waals surface area contributed by atoms with E-state index < -0.39 is 48.4 Å². The topological polar surface area (TPSA) is 75.1 Å². The first-order valence-corrected chi connectivity index (χ1v) is 11.9. The van der Waals surface area contributed by atoms with Crippen molar-refractivity contribution in [2.24, 2.45) is 0 Å². The van der Waals surface area contributed by atoms with Crippen LogP contribution in [0.5, 0.6) is 5.75 Å². The average molecular weight is 551 g/mol. The Labute approximate surface area is 214 Å². The Morgan fingerprint density at radius 3 is 2.42 bits per heavy atom. The minimum atomic E-state index is -4.83. The third-order valence-corrected chi connectivity index (χ3v) is 6.73. The van der Waals surface area contributed by atoms with Crippen molar-refractivity contribution in [3.05, 3.63) is 47.8 Å². The molecule has 1 amide bonds. The summed E-state index contributed by atoms with van der Waals surface area (Å²) in [6.07, 6.45) is -10.2. The fraction of sp³-hybridized carbons (Fsp3) is 0.583. The highest BCUT2D eigenvalue weighted by Gasteiger charge is 2.47. The molecule has 0 saturated carbocycles. The number of aromatic nitrogens is 2. The summed E-state index contributed by atoms with van der Waals surface area (Å²) in [6.45, 7) is -0.677. The van der Waals surface area contributed by atoms with Crippen molar-refractivity contribution in [1.82, 2.24) is 14.7 Å². The highest BCUT2D eigenvalue weighted by Crippen LogP contribution is 2.41. The second-order valence-electron chi connectivity index (χ2n) is 9.32. The van der Waals surface area contributed by atoms with E-state index in [0.29, 0.717) is 30.6 Å². The van der Waals surface area contributed by atoms with Crippen molar-refractivity contribution in [1.29, 1.82) is 0 Å². The average Bonchev–Trinajstić information content (AvgIpc) is 3.52. The molecule has 2 saturated heterocycles. The van der Waals surface area contributed by atoms with Crippen LogP contribution in [0, 0.1) is 0 Å². The molecule has 3 heterocycles. The minimum Gasteiger partial charge on any atom is -0.497 e. The summed E-state index contributed by atoms with van der Waals surface area (Å²) in [4.78, 5) is 13.7. The molecule has 0 radical (unpaired) electrons. The molecule has 0 bridgehead atoms. The van der Waals surface area contributed by atoms with Gasteiger partial charge >= 0.3 is 18.4 Å². The molecule has 8 nitrogen and oxygen atoms in total. The van der Waals surface area contributed by atoms with Crippen molar-refractivity contribution < 1.29 is 50.1 Å². The molecule has 210 valence electrons. The molecular formula is C24H27F6N3O5. The Kier molecular flexibility index (Phi) is 8.12. The number of methoxy groups -OCH3 is 1. The quantitative estimate of drug-likeness (QED) is 0.452. The maximum atomic E-state index is 13.5. The van der Waals surface area contributed by atoms with E-state index in [-0.39, 0.29) is 26.3 Å². The zero-order valence-corrected chi connectivity index (χ0v) is 20.4. The largest absolute Gasteiger partial charge is 0.497 e. The maximum Gasteiger partial charge on any atom is 0.427 e. The van der Waals surface area contributed by atoms with Gasteiger partial charge in [-0.1, -0.05) is 12.1 Å². The number of likely N-dealkylation sites (tertiary alicyclic amines) is 1. The lowest BCUT2D eigenvalue weighted by Crippen LogP contribution is -2.49. The van der Waals surface area contributed by atoms with Crippen molar-refractivity contribution in [2.45, 2.75) is 56.0 Å². The van der Waals surface area contributed by atoms with E-state index in [4.69, 9.17) is 18.9 Å². The van der Waals surface area contributed by atoms with Crippen LogP contribution >= 0.6 is 0 Å². The number of ether oxygens (including phenoxy) is 4. The van der Waals surface area contributed by atoms with Gasteiger partial charge in [-0.2, -0.15) is 31.4 Å². The normalized spacial score (nSPS) is 20.5. The summed E-state index contributed by atoms with van der Waals surface area (Å²) >= 11 is 0. The van der Waals surface area contributed by atoms with Crippen molar-refractivity contribution in [3.63, 3.8) is 0 Å². The van der Waals surface area contributed by atoms with E-state index in [2.05, 4.69) is 5.10 Å². The molecule has 38 heavy (non-hydrogen) atoms. The van der Waals surface area contributed by atoms with E-state index in [1.54, 1.807) is 24.3 Å². The number of piperidine rings is 1. The number of carbonyl (C=O) groups excluding carboxylic acids is 1. The van der Waals surface area contributed by atoms with Crippen LogP contribution in [0.15, 0.2) is 36.7 Å². The molecule has 4 rings (SSSR count). The first kappa shape index (κ1) is 28.0. The minimum absolute atomic E-state index is 0.0791. The number of hydrogen-bond donors (Lipinski definition) is 0.